The molecule has 0 saturated carbocycles. The number of hydrogen-bond acceptors (Lipinski definition) is 4. The molecule has 0 fully saturated rings. The summed E-state index contributed by atoms with van der Waals surface area (Å²) in [4.78, 5) is 12.2. The molecule has 0 radical (unpaired) electrons. The maximum Gasteiger partial charge on any atom is 0.266 e. The molecule has 24 heavy (non-hydrogen) atoms. The number of rotatable bonds is 5. The van der Waals surface area contributed by atoms with Gasteiger partial charge < -0.3 is 15.2 Å². The minimum Gasteiger partial charge on any atom is -0.508 e. The molecule has 2 aromatic rings. The second kappa shape index (κ2) is 8.07. The lowest BCUT2D eigenvalue weighted by molar-refractivity contribution is -0.112. The number of phenols is 1. The Bertz CT molecular complexity index is 840. The first-order valence-corrected chi connectivity index (χ1v) is 7.01. The molecule has 0 aliphatic rings. The van der Waals surface area contributed by atoms with E-state index in [0.29, 0.717) is 17.0 Å². The van der Waals surface area contributed by atoms with Crippen LogP contribution in [0.15, 0.2) is 54.1 Å². The Hall–Kier alpha value is -3.70. The van der Waals surface area contributed by atoms with Crippen LogP contribution in [0.2, 0.25) is 0 Å². The summed E-state index contributed by atoms with van der Waals surface area (Å²) < 4.78 is 5.31. The van der Waals surface area contributed by atoms with Gasteiger partial charge in [0.1, 0.15) is 29.7 Å². The Labute approximate surface area is 139 Å². The van der Waals surface area contributed by atoms with Crippen LogP contribution in [-0.4, -0.2) is 17.6 Å². The first kappa shape index (κ1) is 16.7. The summed E-state index contributed by atoms with van der Waals surface area (Å²) in [5, 5.41) is 21.0. The van der Waals surface area contributed by atoms with Gasteiger partial charge in [-0.3, -0.25) is 4.79 Å². The van der Waals surface area contributed by atoms with Gasteiger partial charge >= 0.3 is 0 Å². The normalized spacial score (nSPS) is 10.3. The lowest BCUT2D eigenvalue weighted by Crippen LogP contribution is -2.13. The maximum atomic E-state index is 12.2. The molecular weight excluding hydrogens is 304 g/mol. The molecule has 0 spiro atoms. The highest BCUT2D eigenvalue weighted by molar-refractivity contribution is 6.09. The SMILES string of the molecule is C#CCOc1cccc(/C=C(/C#N)C(=O)Nc2ccc(O)cc2)c1. The molecule has 0 aromatic heterocycles. The fourth-order valence-corrected chi connectivity index (χ4v) is 1.88. The van der Waals surface area contributed by atoms with E-state index in [0.717, 1.165) is 0 Å². The van der Waals surface area contributed by atoms with Gasteiger partial charge in [-0.15, -0.1) is 6.42 Å². The van der Waals surface area contributed by atoms with E-state index < -0.39 is 5.91 Å². The number of nitrogens with zero attached hydrogens (tertiary/aromatic N) is 1. The largest absolute Gasteiger partial charge is 0.508 e. The Kier molecular flexibility index (Phi) is 5.60. The van der Waals surface area contributed by atoms with E-state index in [2.05, 4.69) is 11.2 Å². The molecule has 2 rings (SSSR count). The van der Waals surface area contributed by atoms with Crippen molar-refractivity contribution in [2.45, 2.75) is 0 Å². The molecule has 5 nitrogen and oxygen atoms in total. The van der Waals surface area contributed by atoms with Crippen LogP contribution in [0.1, 0.15) is 5.56 Å². The van der Waals surface area contributed by atoms with Gasteiger partial charge in [0, 0.05) is 5.69 Å². The number of nitriles is 1. The summed E-state index contributed by atoms with van der Waals surface area (Å²) in [5.41, 5.74) is 1.06. The van der Waals surface area contributed by atoms with Gasteiger partial charge in [0.2, 0.25) is 0 Å². The Morgan fingerprint density at radius 3 is 2.71 bits per heavy atom. The molecule has 118 valence electrons. The fraction of sp³-hybridized carbons (Fsp3) is 0.0526. The van der Waals surface area contributed by atoms with Crippen LogP contribution in [0.4, 0.5) is 5.69 Å². The molecule has 0 heterocycles. The summed E-state index contributed by atoms with van der Waals surface area (Å²) in [5.74, 6) is 2.47. The van der Waals surface area contributed by atoms with Gasteiger partial charge in [-0.1, -0.05) is 18.1 Å². The Morgan fingerprint density at radius 1 is 1.29 bits per heavy atom. The highest BCUT2D eigenvalue weighted by atomic mass is 16.5. The second-order valence-electron chi connectivity index (χ2n) is 4.74. The van der Waals surface area contributed by atoms with E-state index in [1.54, 1.807) is 24.3 Å². The number of nitrogens with one attached hydrogen (secondary N) is 1. The van der Waals surface area contributed by atoms with Crippen molar-refractivity contribution in [1.29, 1.82) is 5.26 Å². The number of carbonyl (C=O) groups excluding carboxylic acids is 1. The topological polar surface area (TPSA) is 82.3 Å². The summed E-state index contributed by atoms with van der Waals surface area (Å²) in [7, 11) is 0. The number of anilines is 1. The molecular formula is C19H14N2O3. The van der Waals surface area contributed by atoms with E-state index in [1.165, 1.54) is 30.3 Å². The maximum absolute atomic E-state index is 12.2. The van der Waals surface area contributed by atoms with Gasteiger partial charge in [0.25, 0.3) is 5.91 Å². The van der Waals surface area contributed by atoms with Crippen molar-refractivity contribution in [3.63, 3.8) is 0 Å². The van der Waals surface area contributed by atoms with Gasteiger partial charge in [-0.05, 0) is 48.0 Å². The number of amides is 1. The van der Waals surface area contributed by atoms with Gasteiger partial charge in [0.05, 0.1) is 0 Å². The number of phenolic OH excluding ortho intramolecular Hbond substituents is 1. The van der Waals surface area contributed by atoms with Crippen molar-refractivity contribution in [3.05, 3.63) is 59.7 Å². The number of ether oxygens (including phenoxy) is 1. The van der Waals surface area contributed by atoms with Crippen molar-refractivity contribution in [3.8, 4) is 29.9 Å². The highest BCUT2D eigenvalue weighted by Crippen LogP contribution is 2.18. The molecule has 2 N–H and O–H groups in total. The third kappa shape index (κ3) is 4.66. The molecule has 0 saturated heterocycles. The number of carbonyl (C=O) groups is 1. The van der Waals surface area contributed by atoms with Crippen molar-refractivity contribution in [2.24, 2.45) is 0 Å². The van der Waals surface area contributed by atoms with Crippen LogP contribution in [0, 0.1) is 23.7 Å². The average Bonchev–Trinajstić information content (AvgIpc) is 2.60. The molecule has 0 aliphatic carbocycles. The smallest absolute Gasteiger partial charge is 0.266 e. The molecule has 5 heteroatoms. The number of terminal acetylenes is 1. The number of benzene rings is 2. The third-order valence-electron chi connectivity index (χ3n) is 2.98. The molecule has 0 bridgehead atoms. The highest BCUT2D eigenvalue weighted by Gasteiger charge is 2.09. The second-order valence-corrected chi connectivity index (χ2v) is 4.74. The number of hydrogen-bond donors (Lipinski definition) is 2. The van der Waals surface area contributed by atoms with E-state index in [4.69, 9.17) is 11.2 Å². The van der Waals surface area contributed by atoms with Gasteiger partial charge in [0.15, 0.2) is 0 Å². The van der Waals surface area contributed by atoms with E-state index >= 15 is 0 Å². The van der Waals surface area contributed by atoms with Crippen LogP contribution < -0.4 is 10.1 Å². The molecule has 0 atom stereocenters. The lowest BCUT2D eigenvalue weighted by Gasteiger charge is -2.05. The van der Waals surface area contributed by atoms with E-state index in [1.807, 2.05) is 6.07 Å². The standard InChI is InChI=1S/C19H14N2O3/c1-2-10-24-18-5-3-4-14(12-18)11-15(13-20)19(23)21-16-6-8-17(22)9-7-16/h1,3-9,11-12,22H,10H2,(H,21,23)/b15-11-. The van der Waals surface area contributed by atoms with E-state index in [9.17, 15) is 15.2 Å². The Morgan fingerprint density at radius 2 is 2.04 bits per heavy atom. The monoisotopic (exact) mass is 318 g/mol. The Balaban J connectivity index is 2.16. The van der Waals surface area contributed by atoms with Crippen LogP contribution in [-0.2, 0) is 4.79 Å². The van der Waals surface area contributed by atoms with Crippen molar-refractivity contribution < 1.29 is 14.6 Å². The summed E-state index contributed by atoms with van der Waals surface area (Å²) in [6.45, 7) is 0.139. The van der Waals surface area contributed by atoms with Crippen molar-refractivity contribution in [1.82, 2.24) is 0 Å². The van der Waals surface area contributed by atoms with Crippen LogP contribution in [0.3, 0.4) is 0 Å². The third-order valence-corrected chi connectivity index (χ3v) is 2.98. The quantitative estimate of drug-likeness (QED) is 0.384. The summed E-state index contributed by atoms with van der Waals surface area (Å²) in [6, 6.07) is 14.7. The predicted molar refractivity (Wildman–Crippen MR) is 91.1 cm³/mol. The minimum absolute atomic E-state index is 0.0582. The van der Waals surface area contributed by atoms with Crippen molar-refractivity contribution >= 4 is 17.7 Å². The van der Waals surface area contributed by atoms with Crippen LogP contribution in [0.5, 0.6) is 11.5 Å². The molecule has 2 aromatic carbocycles. The molecule has 0 unspecified atom stereocenters. The first-order valence-electron chi connectivity index (χ1n) is 7.01. The van der Waals surface area contributed by atoms with Crippen molar-refractivity contribution in [2.75, 3.05) is 11.9 Å². The number of aromatic hydroxyl groups is 1. The van der Waals surface area contributed by atoms with E-state index in [-0.39, 0.29) is 17.9 Å². The zero-order valence-corrected chi connectivity index (χ0v) is 12.7. The van der Waals surface area contributed by atoms with Crippen LogP contribution >= 0.6 is 0 Å². The zero-order chi connectivity index (χ0) is 17.4. The fourth-order valence-electron chi connectivity index (χ4n) is 1.88. The molecule has 1 amide bonds. The summed E-state index contributed by atoms with van der Waals surface area (Å²) >= 11 is 0. The zero-order valence-electron chi connectivity index (χ0n) is 12.7. The minimum atomic E-state index is -0.543. The molecule has 0 aliphatic heterocycles. The first-order chi connectivity index (χ1) is 11.6. The van der Waals surface area contributed by atoms with Crippen LogP contribution in [0.25, 0.3) is 6.08 Å². The van der Waals surface area contributed by atoms with Gasteiger partial charge in [-0.2, -0.15) is 5.26 Å². The average molecular weight is 318 g/mol. The lowest BCUT2D eigenvalue weighted by atomic mass is 10.1. The predicted octanol–water partition coefficient (Wildman–Crippen LogP) is 2.95. The summed E-state index contributed by atoms with van der Waals surface area (Å²) in [6.07, 6.45) is 6.60. The van der Waals surface area contributed by atoms with Gasteiger partial charge in [-0.25, -0.2) is 0 Å².